The molecule has 0 unspecified atom stereocenters. The minimum atomic E-state index is -0.724. The summed E-state index contributed by atoms with van der Waals surface area (Å²) in [7, 11) is 0. The van der Waals surface area contributed by atoms with Crippen LogP contribution in [0, 0.1) is 0 Å². The first kappa shape index (κ1) is 16.4. The molecule has 2 aliphatic heterocycles. The Bertz CT molecular complexity index is 634. The highest BCUT2D eigenvalue weighted by Gasteiger charge is 2.26. The second-order valence-corrected chi connectivity index (χ2v) is 5.90. The van der Waals surface area contributed by atoms with Gasteiger partial charge in [-0.15, -0.1) is 0 Å². The summed E-state index contributed by atoms with van der Waals surface area (Å²) in [6.45, 7) is 3.13. The third kappa shape index (κ3) is 3.56. The second kappa shape index (κ2) is 7.44. The monoisotopic (exact) mass is 331 g/mol. The van der Waals surface area contributed by atoms with Crippen LogP contribution in [0.1, 0.15) is 23.2 Å². The van der Waals surface area contributed by atoms with Crippen LogP contribution in [-0.4, -0.2) is 66.9 Å². The van der Waals surface area contributed by atoms with Crippen molar-refractivity contribution in [3.8, 4) is 0 Å². The van der Waals surface area contributed by atoms with Crippen LogP contribution in [-0.2, 0) is 14.3 Å². The molecule has 7 heteroatoms. The maximum atomic E-state index is 12.6. The highest BCUT2D eigenvalue weighted by atomic mass is 16.5. The number of carbonyl (C=O) groups is 3. The summed E-state index contributed by atoms with van der Waals surface area (Å²) in [6, 6.07) is 6.81. The Labute approximate surface area is 140 Å². The van der Waals surface area contributed by atoms with E-state index in [0.29, 0.717) is 37.6 Å². The molecule has 128 valence electrons. The van der Waals surface area contributed by atoms with Crippen LogP contribution in [0.15, 0.2) is 24.3 Å². The zero-order valence-corrected chi connectivity index (χ0v) is 13.5. The summed E-state index contributed by atoms with van der Waals surface area (Å²) >= 11 is 0. The summed E-state index contributed by atoms with van der Waals surface area (Å²) in [4.78, 5) is 40.3. The number of hydrogen-bond donors (Lipinski definition) is 1. The zero-order chi connectivity index (χ0) is 16.9. The standard InChI is InChI=1S/C17H21N3O4/c21-15(17(23)20-9-11-24-12-10-20)18-14-6-2-1-5-13(14)16(22)19-7-3-4-8-19/h1-2,5-6H,3-4,7-12H2,(H,18,21). The number of ether oxygens (including phenoxy) is 1. The summed E-state index contributed by atoms with van der Waals surface area (Å²) in [5.41, 5.74) is 0.795. The second-order valence-electron chi connectivity index (χ2n) is 5.90. The van der Waals surface area contributed by atoms with Gasteiger partial charge in [0.2, 0.25) is 0 Å². The normalized spacial score (nSPS) is 17.7. The average Bonchev–Trinajstić information content (AvgIpc) is 3.16. The van der Waals surface area contributed by atoms with Gasteiger partial charge < -0.3 is 19.9 Å². The number of hydrogen-bond acceptors (Lipinski definition) is 4. The quantitative estimate of drug-likeness (QED) is 0.810. The Balaban J connectivity index is 1.71. The van der Waals surface area contributed by atoms with Gasteiger partial charge in [-0.25, -0.2) is 0 Å². The molecule has 2 saturated heterocycles. The first-order chi connectivity index (χ1) is 11.7. The zero-order valence-electron chi connectivity index (χ0n) is 13.5. The van der Waals surface area contributed by atoms with Crippen molar-refractivity contribution in [2.45, 2.75) is 12.8 Å². The van der Waals surface area contributed by atoms with Crippen molar-refractivity contribution in [1.82, 2.24) is 9.80 Å². The maximum Gasteiger partial charge on any atom is 0.313 e. The van der Waals surface area contributed by atoms with E-state index in [4.69, 9.17) is 4.74 Å². The predicted octanol–water partition coefficient (Wildman–Crippen LogP) is 0.720. The molecule has 24 heavy (non-hydrogen) atoms. The van der Waals surface area contributed by atoms with Gasteiger partial charge in [0.1, 0.15) is 0 Å². The lowest BCUT2D eigenvalue weighted by Gasteiger charge is -2.26. The molecule has 1 aromatic carbocycles. The number of anilines is 1. The van der Waals surface area contributed by atoms with Crippen LogP contribution in [0.25, 0.3) is 0 Å². The summed E-state index contributed by atoms with van der Waals surface area (Å²) in [5.74, 6) is -1.43. The van der Waals surface area contributed by atoms with Crippen molar-refractivity contribution in [3.63, 3.8) is 0 Å². The molecule has 3 amide bonds. The van der Waals surface area contributed by atoms with Crippen molar-refractivity contribution in [3.05, 3.63) is 29.8 Å². The molecule has 0 aromatic heterocycles. The fraction of sp³-hybridized carbons (Fsp3) is 0.471. The molecule has 0 radical (unpaired) electrons. The van der Waals surface area contributed by atoms with E-state index in [1.54, 1.807) is 29.2 Å². The molecule has 3 rings (SSSR count). The molecule has 1 aromatic rings. The maximum absolute atomic E-state index is 12.6. The molecule has 1 N–H and O–H groups in total. The molecular weight excluding hydrogens is 310 g/mol. The van der Waals surface area contributed by atoms with Crippen molar-refractivity contribution in [2.75, 3.05) is 44.7 Å². The lowest BCUT2D eigenvalue weighted by molar-refractivity contribution is -0.145. The van der Waals surface area contributed by atoms with E-state index in [1.807, 2.05) is 0 Å². The number of para-hydroxylation sites is 1. The molecular formula is C17H21N3O4. The molecule has 0 bridgehead atoms. The van der Waals surface area contributed by atoms with Crippen molar-refractivity contribution in [2.24, 2.45) is 0 Å². The smallest absolute Gasteiger partial charge is 0.313 e. The van der Waals surface area contributed by atoms with E-state index < -0.39 is 11.8 Å². The van der Waals surface area contributed by atoms with E-state index in [2.05, 4.69) is 5.32 Å². The lowest BCUT2D eigenvalue weighted by atomic mass is 10.1. The highest BCUT2D eigenvalue weighted by molar-refractivity contribution is 6.39. The molecule has 0 saturated carbocycles. The summed E-state index contributed by atoms with van der Waals surface area (Å²) in [6.07, 6.45) is 1.99. The highest BCUT2D eigenvalue weighted by Crippen LogP contribution is 2.20. The summed E-state index contributed by atoms with van der Waals surface area (Å²) < 4.78 is 5.18. The van der Waals surface area contributed by atoms with Gasteiger partial charge in [-0.05, 0) is 25.0 Å². The van der Waals surface area contributed by atoms with Gasteiger partial charge in [-0.1, -0.05) is 12.1 Å². The topological polar surface area (TPSA) is 79.0 Å². The van der Waals surface area contributed by atoms with Gasteiger partial charge in [-0.3, -0.25) is 14.4 Å². The van der Waals surface area contributed by atoms with E-state index in [9.17, 15) is 14.4 Å². The number of carbonyl (C=O) groups excluding carboxylic acids is 3. The average molecular weight is 331 g/mol. The summed E-state index contributed by atoms with van der Waals surface area (Å²) in [5, 5.41) is 2.59. The molecule has 2 fully saturated rings. The Morgan fingerprint density at radius 2 is 1.58 bits per heavy atom. The van der Waals surface area contributed by atoms with Crippen LogP contribution >= 0.6 is 0 Å². The van der Waals surface area contributed by atoms with Crippen LogP contribution in [0.3, 0.4) is 0 Å². The third-order valence-corrected chi connectivity index (χ3v) is 4.29. The van der Waals surface area contributed by atoms with Crippen LogP contribution in [0.5, 0.6) is 0 Å². The first-order valence-corrected chi connectivity index (χ1v) is 8.23. The Kier molecular flexibility index (Phi) is 5.10. The Morgan fingerprint density at radius 3 is 2.29 bits per heavy atom. The van der Waals surface area contributed by atoms with E-state index in [0.717, 1.165) is 25.9 Å². The lowest BCUT2D eigenvalue weighted by Crippen LogP contribution is -2.46. The minimum absolute atomic E-state index is 0.109. The fourth-order valence-electron chi connectivity index (χ4n) is 2.96. The number of morpholine rings is 1. The van der Waals surface area contributed by atoms with Gasteiger partial charge in [0.15, 0.2) is 0 Å². The minimum Gasteiger partial charge on any atom is -0.378 e. The molecule has 0 aliphatic carbocycles. The van der Waals surface area contributed by atoms with E-state index >= 15 is 0 Å². The van der Waals surface area contributed by atoms with E-state index in [-0.39, 0.29) is 5.91 Å². The van der Waals surface area contributed by atoms with Crippen LogP contribution in [0.2, 0.25) is 0 Å². The van der Waals surface area contributed by atoms with Gasteiger partial charge in [0.25, 0.3) is 5.91 Å². The molecule has 2 aliphatic rings. The van der Waals surface area contributed by atoms with Crippen LogP contribution in [0.4, 0.5) is 5.69 Å². The number of rotatable bonds is 2. The van der Waals surface area contributed by atoms with Gasteiger partial charge in [0, 0.05) is 26.2 Å². The Morgan fingerprint density at radius 1 is 0.917 bits per heavy atom. The molecule has 0 spiro atoms. The molecule has 7 nitrogen and oxygen atoms in total. The van der Waals surface area contributed by atoms with Gasteiger partial charge in [-0.2, -0.15) is 0 Å². The van der Waals surface area contributed by atoms with E-state index in [1.165, 1.54) is 4.90 Å². The van der Waals surface area contributed by atoms with Crippen LogP contribution < -0.4 is 5.32 Å². The SMILES string of the molecule is O=C(Nc1ccccc1C(=O)N1CCCC1)C(=O)N1CCOCC1. The van der Waals surface area contributed by atoms with Crippen molar-refractivity contribution >= 4 is 23.4 Å². The fourth-order valence-corrected chi connectivity index (χ4v) is 2.96. The number of likely N-dealkylation sites (tertiary alicyclic amines) is 1. The largest absolute Gasteiger partial charge is 0.378 e. The van der Waals surface area contributed by atoms with Crippen molar-refractivity contribution in [1.29, 1.82) is 0 Å². The molecule has 0 atom stereocenters. The molecule has 2 heterocycles. The third-order valence-electron chi connectivity index (χ3n) is 4.29. The predicted molar refractivity (Wildman–Crippen MR) is 87.6 cm³/mol. The first-order valence-electron chi connectivity index (χ1n) is 8.23. The van der Waals surface area contributed by atoms with Gasteiger partial charge in [0.05, 0.1) is 24.5 Å². The van der Waals surface area contributed by atoms with Crippen molar-refractivity contribution < 1.29 is 19.1 Å². The number of amides is 3. The van der Waals surface area contributed by atoms with Gasteiger partial charge >= 0.3 is 11.8 Å². The number of nitrogens with zero attached hydrogens (tertiary/aromatic N) is 2. The number of nitrogens with one attached hydrogen (secondary N) is 1. The number of benzene rings is 1. The Hall–Kier alpha value is -2.41.